The average Bonchev–Trinajstić information content (AvgIpc) is 2.83. The first-order chi connectivity index (χ1) is 7.88. The quantitative estimate of drug-likeness (QED) is 0.801. The first-order valence-corrected chi connectivity index (χ1v) is 5.72. The third-order valence-corrected chi connectivity index (χ3v) is 2.85. The Hall–Kier alpha value is -1.60. The third-order valence-electron chi connectivity index (χ3n) is 2.85. The van der Waals surface area contributed by atoms with E-state index in [-0.39, 0.29) is 0 Å². The van der Waals surface area contributed by atoms with Crippen LogP contribution < -0.4 is 10.6 Å². The third kappa shape index (κ3) is 2.94. The van der Waals surface area contributed by atoms with E-state index < -0.39 is 0 Å². The highest BCUT2D eigenvalue weighted by atomic mass is 15.0. The number of nitrogens with zero attached hydrogens (tertiary/aromatic N) is 2. The van der Waals surface area contributed by atoms with Gasteiger partial charge in [0.15, 0.2) is 0 Å². The van der Waals surface area contributed by atoms with E-state index in [1.54, 1.807) is 12.3 Å². The second kappa shape index (κ2) is 5.47. The van der Waals surface area contributed by atoms with Crippen molar-refractivity contribution in [3.63, 3.8) is 0 Å². The molecule has 0 aromatic carbocycles. The predicted molar refractivity (Wildman–Crippen MR) is 63.1 cm³/mol. The zero-order valence-corrected chi connectivity index (χ0v) is 9.24. The summed E-state index contributed by atoms with van der Waals surface area (Å²) in [5.74, 6) is 0.844. The fourth-order valence-corrected chi connectivity index (χ4v) is 1.94. The maximum atomic E-state index is 8.63. The second-order valence-corrected chi connectivity index (χ2v) is 4.05. The SMILES string of the molecule is N#Cc1ccc(NCC[C@H]2CCCN2)nc1. The molecule has 2 N–H and O–H groups in total. The maximum absolute atomic E-state index is 8.63. The van der Waals surface area contributed by atoms with E-state index in [1.807, 2.05) is 6.07 Å². The summed E-state index contributed by atoms with van der Waals surface area (Å²) >= 11 is 0. The summed E-state index contributed by atoms with van der Waals surface area (Å²) in [5.41, 5.74) is 0.600. The Kier molecular flexibility index (Phi) is 3.73. The topological polar surface area (TPSA) is 60.7 Å². The molecule has 0 bridgehead atoms. The Morgan fingerprint density at radius 1 is 1.56 bits per heavy atom. The normalized spacial score (nSPS) is 19.3. The summed E-state index contributed by atoms with van der Waals surface area (Å²) in [6, 6.07) is 6.34. The van der Waals surface area contributed by atoms with Crippen LogP contribution in [0.4, 0.5) is 5.82 Å². The van der Waals surface area contributed by atoms with E-state index in [2.05, 4.69) is 21.7 Å². The van der Waals surface area contributed by atoms with Gasteiger partial charge < -0.3 is 10.6 Å². The van der Waals surface area contributed by atoms with Gasteiger partial charge in [-0.3, -0.25) is 0 Å². The van der Waals surface area contributed by atoms with E-state index >= 15 is 0 Å². The molecule has 1 aliphatic rings. The van der Waals surface area contributed by atoms with E-state index in [0.29, 0.717) is 11.6 Å². The molecule has 2 heterocycles. The van der Waals surface area contributed by atoms with Crippen LogP contribution in [0.25, 0.3) is 0 Å². The largest absolute Gasteiger partial charge is 0.370 e. The molecule has 1 aliphatic heterocycles. The van der Waals surface area contributed by atoms with Crippen LogP contribution in [-0.4, -0.2) is 24.1 Å². The molecule has 1 aromatic rings. The Labute approximate surface area is 95.7 Å². The molecular formula is C12H16N4. The molecule has 2 rings (SSSR count). The van der Waals surface area contributed by atoms with Crippen molar-refractivity contribution in [3.8, 4) is 6.07 Å². The van der Waals surface area contributed by atoms with Crippen LogP contribution >= 0.6 is 0 Å². The maximum Gasteiger partial charge on any atom is 0.125 e. The first-order valence-electron chi connectivity index (χ1n) is 5.72. The fourth-order valence-electron chi connectivity index (χ4n) is 1.94. The van der Waals surface area contributed by atoms with Crippen LogP contribution in [-0.2, 0) is 0 Å². The van der Waals surface area contributed by atoms with Gasteiger partial charge in [0.2, 0.25) is 0 Å². The van der Waals surface area contributed by atoms with Crippen molar-refractivity contribution in [1.29, 1.82) is 5.26 Å². The van der Waals surface area contributed by atoms with E-state index in [4.69, 9.17) is 5.26 Å². The van der Waals surface area contributed by atoms with E-state index in [9.17, 15) is 0 Å². The molecule has 1 atom stereocenters. The van der Waals surface area contributed by atoms with Crippen LogP contribution in [0.15, 0.2) is 18.3 Å². The highest BCUT2D eigenvalue weighted by molar-refractivity contribution is 5.38. The lowest BCUT2D eigenvalue weighted by molar-refractivity contribution is 0.574. The van der Waals surface area contributed by atoms with Gasteiger partial charge >= 0.3 is 0 Å². The van der Waals surface area contributed by atoms with Gasteiger partial charge in [-0.25, -0.2) is 4.98 Å². The second-order valence-electron chi connectivity index (χ2n) is 4.05. The minimum absolute atomic E-state index is 0.600. The smallest absolute Gasteiger partial charge is 0.125 e. The summed E-state index contributed by atoms with van der Waals surface area (Å²) in [7, 11) is 0. The highest BCUT2D eigenvalue weighted by Gasteiger charge is 2.12. The van der Waals surface area contributed by atoms with Crippen molar-refractivity contribution in [2.75, 3.05) is 18.4 Å². The molecular weight excluding hydrogens is 200 g/mol. The number of nitriles is 1. The fraction of sp³-hybridized carbons (Fsp3) is 0.500. The molecule has 16 heavy (non-hydrogen) atoms. The minimum atomic E-state index is 0.600. The molecule has 1 aromatic heterocycles. The number of hydrogen-bond donors (Lipinski definition) is 2. The zero-order valence-electron chi connectivity index (χ0n) is 9.24. The predicted octanol–water partition coefficient (Wildman–Crippen LogP) is 1.51. The summed E-state index contributed by atoms with van der Waals surface area (Å²) in [5, 5.41) is 15.3. The summed E-state index contributed by atoms with van der Waals surface area (Å²) < 4.78 is 0. The van der Waals surface area contributed by atoms with Crippen molar-refractivity contribution in [3.05, 3.63) is 23.9 Å². The number of pyridine rings is 1. The summed E-state index contributed by atoms with van der Waals surface area (Å²) in [6.45, 7) is 2.08. The highest BCUT2D eigenvalue weighted by Crippen LogP contribution is 2.09. The molecule has 84 valence electrons. The van der Waals surface area contributed by atoms with Gasteiger partial charge in [0, 0.05) is 18.8 Å². The van der Waals surface area contributed by atoms with Crippen LogP contribution in [0.1, 0.15) is 24.8 Å². The Morgan fingerprint density at radius 3 is 3.12 bits per heavy atom. The lowest BCUT2D eigenvalue weighted by Crippen LogP contribution is -2.24. The van der Waals surface area contributed by atoms with Crippen LogP contribution in [0.5, 0.6) is 0 Å². The number of aromatic nitrogens is 1. The number of hydrogen-bond acceptors (Lipinski definition) is 4. The zero-order chi connectivity index (χ0) is 11.2. The van der Waals surface area contributed by atoms with Crippen LogP contribution in [0, 0.1) is 11.3 Å². The van der Waals surface area contributed by atoms with Crippen LogP contribution in [0.3, 0.4) is 0 Å². The minimum Gasteiger partial charge on any atom is -0.370 e. The van der Waals surface area contributed by atoms with Gasteiger partial charge in [-0.1, -0.05) is 0 Å². The van der Waals surface area contributed by atoms with Crippen molar-refractivity contribution in [2.24, 2.45) is 0 Å². The van der Waals surface area contributed by atoms with Gasteiger partial charge in [0.1, 0.15) is 11.9 Å². The molecule has 0 unspecified atom stereocenters. The van der Waals surface area contributed by atoms with Gasteiger partial charge in [0.05, 0.1) is 5.56 Å². The van der Waals surface area contributed by atoms with Gasteiger partial charge in [0.25, 0.3) is 0 Å². The molecule has 0 amide bonds. The molecule has 4 nitrogen and oxygen atoms in total. The number of anilines is 1. The molecule has 1 saturated heterocycles. The van der Waals surface area contributed by atoms with Crippen molar-refractivity contribution < 1.29 is 0 Å². The Bertz CT molecular complexity index is 360. The molecule has 0 aliphatic carbocycles. The molecule has 0 saturated carbocycles. The van der Waals surface area contributed by atoms with Gasteiger partial charge in [-0.2, -0.15) is 5.26 Å². The van der Waals surface area contributed by atoms with Gasteiger partial charge in [-0.15, -0.1) is 0 Å². The Balaban J connectivity index is 1.74. The number of nitrogens with one attached hydrogen (secondary N) is 2. The van der Waals surface area contributed by atoms with Crippen LogP contribution in [0.2, 0.25) is 0 Å². The molecule has 0 spiro atoms. The van der Waals surface area contributed by atoms with Gasteiger partial charge in [-0.05, 0) is 37.9 Å². The molecule has 1 fully saturated rings. The first kappa shape index (κ1) is 10.9. The lowest BCUT2D eigenvalue weighted by atomic mass is 10.1. The average molecular weight is 216 g/mol. The monoisotopic (exact) mass is 216 g/mol. The van der Waals surface area contributed by atoms with Crippen molar-refractivity contribution in [2.45, 2.75) is 25.3 Å². The summed E-state index contributed by atoms with van der Waals surface area (Å²) in [4.78, 5) is 4.16. The number of rotatable bonds is 4. The molecule has 0 radical (unpaired) electrons. The lowest BCUT2D eigenvalue weighted by Gasteiger charge is -2.10. The van der Waals surface area contributed by atoms with Crippen molar-refractivity contribution in [1.82, 2.24) is 10.3 Å². The van der Waals surface area contributed by atoms with E-state index in [0.717, 1.165) is 25.3 Å². The standard InChI is InChI=1S/C12H16N4/c13-8-10-3-4-12(16-9-10)15-7-5-11-2-1-6-14-11/h3-4,9,11,14H,1-2,5-7H2,(H,15,16)/t11-/m1/s1. The summed E-state index contributed by atoms with van der Waals surface area (Å²) in [6.07, 6.45) is 5.29. The van der Waals surface area contributed by atoms with E-state index in [1.165, 1.54) is 12.8 Å². The Morgan fingerprint density at radius 2 is 2.50 bits per heavy atom. The molecule has 4 heteroatoms. The van der Waals surface area contributed by atoms with Crippen molar-refractivity contribution >= 4 is 5.82 Å².